The fraction of sp³-hybridized carbons (Fsp3) is 0.643. The second kappa shape index (κ2) is 16.3. The zero-order chi connectivity index (χ0) is 23.7. The number of carbonyl (C=O) groups excluding carboxylic acids is 1. The molecule has 1 aromatic heterocycles. The maximum Gasteiger partial charge on any atom is 0.349 e. The molecule has 0 saturated carbocycles. The molecule has 0 unspecified atom stereocenters. The molecule has 2 aromatic rings. The number of benzene rings is 1. The monoisotopic (exact) mass is 457 g/mol. The lowest BCUT2D eigenvalue weighted by atomic mass is 10.0. The lowest BCUT2D eigenvalue weighted by Gasteiger charge is -2.07. The number of nitrogens with one attached hydrogen (secondary N) is 1. The van der Waals surface area contributed by atoms with Crippen LogP contribution in [0.4, 0.5) is 0 Å². The van der Waals surface area contributed by atoms with E-state index in [2.05, 4.69) is 12.2 Å². The number of fused-ring (bicyclic) bond motifs is 1. The molecule has 1 amide bonds. The van der Waals surface area contributed by atoms with E-state index in [1.54, 1.807) is 18.2 Å². The van der Waals surface area contributed by atoms with E-state index in [1.165, 1.54) is 77.0 Å². The summed E-state index contributed by atoms with van der Waals surface area (Å²) in [5.41, 5.74) is -0.138. The Balaban J connectivity index is 1.55. The highest BCUT2D eigenvalue weighted by Crippen LogP contribution is 2.20. The third-order valence-corrected chi connectivity index (χ3v) is 6.08. The molecule has 2 rings (SSSR count). The molecule has 0 saturated heterocycles. The molecule has 1 N–H and O–H groups in total. The van der Waals surface area contributed by atoms with Crippen LogP contribution >= 0.6 is 0 Å². The zero-order valence-corrected chi connectivity index (χ0v) is 20.8. The predicted octanol–water partition coefficient (Wildman–Crippen LogP) is 7.40. The summed E-state index contributed by atoms with van der Waals surface area (Å²) >= 11 is 0. The average molecular weight is 458 g/mol. The standard InChI is InChI=1S/C28H43NO4/c1-3-5-6-7-8-9-10-11-12-13-14-15-16-17-20-29-27(30)25-21-23-18-19-24(32-4-2)22-26(23)33-28(25)31/h18-19,21-22H,3-17,20H2,1-2H3,(H,29,30). The van der Waals surface area contributed by atoms with Gasteiger partial charge in [-0.3, -0.25) is 4.79 Å². The Bertz CT molecular complexity index is 874. The number of hydrogen-bond donors (Lipinski definition) is 1. The molecule has 184 valence electrons. The average Bonchev–Trinajstić information content (AvgIpc) is 2.81. The molecule has 0 aliphatic carbocycles. The lowest BCUT2D eigenvalue weighted by Crippen LogP contribution is -2.29. The Morgan fingerprint density at radius 1 is 0.818 bits per heavy atom. The van der Waals surface area contributed by atoms with Crippen molar-refractivity contribution in [2.45, 2.75) is 104 Å². The van der Waals surface area contributed by atoms with Crippen molar-refractivity contribution in [3.05, 3.63) is 40.2 Å². The first-order valence-corrected chi connectivity index (χ1v) is 13.1. The molecule has 0 spiro atoms. The number of carbonyl (C=O) groups is 1. The van der Waals surface area contributed by atoms with E-state index in [0.29, 0.717) is 29.9 Å². The van der Waals surface area contributed by atoms with E-state index >= 15 is 0 Å². The summed E-state index contributed by atoms with van der Waals surface area (Å²) in [6.45, 7) is 5.28. The van der Waals surface area contributed by atoms with Gasteiger partial charge >= 0.3 is 5.63 Å². The van der Waals surface area contributed by atoms with Crippen molar-refractivity contribution in [2.75, 3.05) is 13.2 Å². The highest BCUT2D eigenvalue weighted by Gasteiger charge is 2.13. The van der Waals surface area contributed by atoms with E-state index in [-0.39, 0.29) is 11.5 Å². The van der Waals surface area contributed by atoms with E-state index in [9.17, 15) is 9.59 Å². The molecule has 0 radical (unpaired) electrons. The molecule has 0 atom stereocenters. The van der Waals surface area contributed by atoms with Gasteiger partial charge < -0.3 is 14.5 Å². The van der Waals surface area contributed by atoms with Gasteiger partial charge in [0.15, 0.2) is 0 Å². The molecule has 5 nitrogen and oxygen atoms in total. The highest BCUT2D eigenvalue weighted by atomic mass is 16.5. The number of hydrogen-bond acceptors (Lipinski definition) is 4. The summed E-state index contributed by atoms with van der Waals surface area (Å²) in [7, 11) is 0. The van der Waals surface area contributed by atoms with Gasteiger partial charge in [0.05, 0.1) is 6.61 Å². The van der Waals surface area contributed by atoms with Crippen molar-refractivity contribution in [2.24, 2.45) is 0 Å². The van der Waals surface area contributed by atoms with Crippen molar-refractivity contribution >= 4 is 16.9 Å². The topological polar surface area (TPSA) is 68.5 Å². The Kier molecular flexibility index (Phi) is 13.3. The first-order chi connectivity index (χ1) is 16.2. The van der Waals surface area contributed by atoms with E-state index in [0.717, 1.165) is 12.8 Å². The molecule has 0 bridgehead atoms. The van der Waals surface area contributed by atoms with Crippen LogP contribution < -0.4 is 15.7 Å². The minimum absolute atomic E-state index is 0.0528. The predicted molar refractivity (Wildman–Crippen MR) is 136 cm³/mol. The summed E-state index contributed by atoms with van der Waals surface area (Å²) in [5, 5.41) is 3.56. The largest absolute Gasteiger partial charge is 0.494 e. The van der Waals surface area contributed by atoms with Gasteiger partial charge in [0.1, 0.15) is 16.9 Å². The minimum Gasteiger partial charge on any atom is -0.494 e. The van der Waals surface area contributed by atoms with Crippen LogP contribution in [0.5, 0.6) is 5.75 Å². The molecule has 0 aliphatic rings. The van der Waals surface area contributed by atoms with Crippen molar-refractivity contribution in [3.63, 3.8) is 0 Å². The maximum atomic E-state index is 12.4. The number of ether oxygens (including phenoxy) is 1. The van der Waals surface area contributed by atoms with Crippen molar-refractivity contribution < 1.29 is 13.9 Å². The van der Waals surface area contributed by atoms with Gasteiger partial charge in [-0.05, 0) is 31.5 Å². The van der Waals surface area contributed by atoms with Gasteiger partial charge in [-0.1, -0.05) is 90.4 Å². The summed E-state index contributed by atoms with van der Waals surface area (Å²) < 4.78 is 10.8. The van der Waals surface area contributed by atoms with Gasteiger partial charge in [-0.2, -0.15) is 0 Å². The van der Waals surface area contributed by atoms with E-state index in [4.69, 9.17) is 9.15 Å². The van der Waals surface area contributed by atoms with Crippen LogP contribution in [0.1, 0.15) is 114 Å². The van der Waals surface area contributed by atoms with E-state index < -0.39 is 5.63 Å². The van der Waals surface area contributed by atoms with Crippen LogP contribution in [0.25, 0.3) is 11.0 Å². The smallest absolute Gasteiger partial charge is 0.349 e. The zero-order valence-electron chi connectivity index (χ0n) is 20.8. The molecule has 33 heavy (non-hydrogen) atoms. The number of unbranched alkanes of at least 4 members (excludes halogenated alkanes) is 13. The van der Waals surface area contributed by atoms with Gasteiger partial charge in [-0.15, -0.1) is 0 Å². The molecule has 0 aliphatic heterocycles. The Morgan fingerprint density at radius 3 is 1.97 bits per heavy atom. The van der Waals surface area contributed by atoms with Gasteiger partial charge in [0, 0.05) is 18.0 Å². The summed E-state index contributed by atoms with van der Waals surface area (Å²) in [6.07, 6.45) is 18.2. The highest BCUT2D eigenvalue weighted by molar-refractivity contribution is 5.96. The lowest BCUT2D eigenvalue weighted by molar-refractivity contribution is 0.0949. The third kappa shape index (κ3) is 10.4. The first kappa shape index (κ1) is 26.9. The fourth-order valence-electron chi connectivity index (χ4n) is 4.12. The quantitative estimate of drug-likeness (QED) is 0.187. The van der Waals surface area contributed by atoms with Crippen molar-refractivity contribution in [3.8, 4) is 5.75 Å². The Labute approximate surface area is 199 Å². The third-order valence-electron chi connectivity index (χ3n) is 6.08. The van der Waals surface area contributed by atoms with Crippen molar-refractivity contribution in [1.82, 2.24) is 5.32 Å². The van der Waals surface area contributed by atoms with Crippen molar-refractivity contribution in [1.29, 1.82) is 0 Å². The van der Waals surface area contributed by atoms with Crippen LogP contribution in [-0.2, 0) is 0 Å². The normalized spacial score (nSPS) is 11.1. The van der Waals surface area contributed by atoms with Gasteiger partial charge in [0.25, 0.3) is 5.91 Å². The van der Waals surface area contributed by atoms with Gasteiger partial charge in [0.2, 0.25) is 0 Å². The van der Waals surface area contributed by atoms with Crippen LogP contribution in [-0.4, -0.2) is 19.1 Å². The van der Waals surface area contributed by atoms with Crippen LogP contribution in [0.3, 0.4) is 0 Å². The van der Waals surface area contributed by atoms with Gasteiger partial charge in [-0.25, -0.2) is 4.79 Å². The molecular formula is C28H43NO4. The number of rotatable bonds is 18. The summed E-state index contributed by atoms with van der Waals surface area (Å²) in [6, 6.07) is 6.88. The molecule has 1 heterocycles. The van der Waals surface area contributed by atoms with Crippen LogP contribution in [0.2, 0.25) is 0 Å². The van der Waals surface area contributed by atoms with Crippen LogP contribution in [0.15, 0.2) is 33.5 Å². The van der Waals surface area contributed by atoms with Crippen LogP contribution in [0, 0.1) is 0 Å². The second-order valence-corrected chi connectivity index (χ2v) is 8.93. The summed E-state index contributed by atoms with van der Waals surface area (Å²) in [4.78, 5) is 24.7. The molecule has 0 fully saturated rings. The Hall–Kier alpha value is -2.30. The second-order valence-electron chi connectivity index (χ2n) is 8.93. The maximum absolute atomic E-state index is 12.4. The summed E-state index contributed by atoms with van der Waals surface area (Å²) in [5.74, 6) is 0.275. The van der Waals surface area contributed by atoms with E-state index in [1.807, 2.05) is 13.0 Å². The first-order valence-electron chi connectivity index (χ1n) is 13.1. The fourth-order valence-corrected chi connectivity index (χ4v) is 4.12. The minimum atomic E-state index is -0.616. The molecule has 5 heteroatoms. The SMILES string of the molecule is CCCCCCCCCCCCCCCCNC(=O)c1cc2ccc(OCC)cc2oc1=O. The number of amides is 1. The molecular weight excluding hydrogens is 414 g/mol. The molecule has 1 aromatic carbocycles. The Morgan fingerprint density at radius 2 is 1.39 bits per heavy atom.